The molecule has 0 unspecified atom stereocenters. The van der Waals surface area contributed by atoms with Gasteiger partial charge in [-0.1, -0.05) is 36.4 Å². The number of carboxylic acids is 1. The zero-order valence-corrected chi connectivity index (χ0v) is 13.6. The topological polar surface area (TPSA) is 107 Å². The molecule has 0 aliphatic carbocycles. The lowest BCUT2D eigenvalue weighted by molar-refractivity contribution is -0.142. The predicted molar refractivity (Wildman–Crippen MR) is 91.3 cm³/mol. The number of fused-ring (bicyclic) bond motifs is 1. The Kier molecular flexibility index (Phi) is 3.73. The average Bonchev–Trinajstić information content (AvgIpc) is 3.14. The van der Waals surface area contributed by atoms with Gasteiger partial charge in [-0.05, 0) is 18.2 Å². The first-order chi connectivity index (χ1) is 12.5. The van der Waals surface area contributed by atoms with E-state index in [9.17, 15) is 24.6 Å². The third-order valence-electron chi connectivity index (χ3n) is 5.03. The van der Waals surface area contributed by atoms with Crippen LogP contribution in [0.3, 0.4) is 0 Å². The molecule has 2 fully saturated rings. The average molecular weight is 352 g/mol. The number of para-hydroxylation sites is 2. The molecule has 0 spiro atoms. The molecule has 2 aliphatic rings. The normalized spacial score (nSPS) is 27.6. The minimum absolute atomic E-state index is 0.0480. The monoisotopic (exact) mass is 352 g/mol. The number of hydrogen-bond donors (Lipinski definition) is 3. The lowest BCUT2D eigenvalue weighted by Gasteiger charge is -2.21. The molecule has 2 aromatic rings. The lowest BCUT2D eigenvalue weighted by atomic mass is 9.86. The van der Waals surface area contributed by atoms with Gasteiger partial charge in [0.25, 0.3) is 0 Å². The summed E-state index contributed by atoms with van der Waals surface area (Å²) in [5.74, 6) is -4.16. The summed E-state index contributed by atoms with van der Waals surface area (Å²) in [6.45, 7) is 0. The zero-order chi connectivity index (χ0) is 18.4. The maximum atomic E-state index is 13.1. The van der Waals surface area contributed by atoms with E-state index in [0.29, 0.717) is 11.3 Å². The Hall–Kier alpha value is -3.19. The van der Waals surface area contributed by atoms with Gasteiger partial charge in [-0.15, -0.1) is 0 Å². The molecule has 2 heterocycles. The number of anilines is 1. The Balaban J connectivity index is 1.80. The van der Waals surface area contributed by atoms with Gasteiger partial charge in [0.05, 0.1) is 17.5 Å². The van der Waals surface area contributed by atoms with Crippen LogP contribution in [-0.2, 0) is 14.4 Å². The van der Waals surface area contributed by atoms with Crippen LogP contribution in [0.2, 0.25) is 0 Å². The summed E-state index contributed by atoms with van der Waals surface area (Å²) in [7, 11) is 0. The van der Waals surface area contributed by atoms with Crippen LogP contribution in [0.1, 0.15) is 11.6 Å². The number of aromatic hydroxyl groups is 1. The van der Waals surface area contributed by atoms with Gasteiger partial charge in [0.15, 0.2) is 0 Å². The highest BCUT2D eigenvalue weighted by atomic mass is 16.4. The van der Waals surface area contributed by atoms with Crippen molar-refractivity contribution in [1.29, 1.82) is 0 Å². The first kappa shape index (κ1) is 16.3. The first-order valence-corrected chi connectivity index (χ1v) is 8.20. The fraction of sp³-hybridized carbons (Fsp3) is 0.211. The predicted octanol–water partition coefficient (Wildman–Crippen LogP) is 1.30. The molecule has 0 saturated carbocycles. The molecule has 0 bridgehead atoms. The summed E-state index contributed by atoms with van der Waals surface area (Å²) in [4.78, 5) is 38.7. The molecule has 2 aromatic carbocycles. The maximum absolute atomic E-state index is 13.1. The largest absolute Gasteiger partial charge is 0.508 e. The summed E-state index contributed by atoms with van der Waals surface area (Å²) in [5.41, 5.74) is 0.819. The van der Waals surface area contributed by atoms with Crippen LogP contribution in [0, 0.1) is 11.8 Å². The highest BCUT2D eigenvalue weighted by Gasteiger charge is 2.61. The molecular weight excluding hydrogens is 336 g/mol. The van der Waals surface area contributed by atoms with Crippen molar-refractivity contribution < 1.29 is 24.6 Å². The number of amides is 2. The number of carboxylic acid groups (broad SMARTS) is 1. The highest BCUT2D eigenvalue weighted by molar-refractivity contribution is 6.23. The fourth-order valence-corrected chi connectivity index (χ4v) is 3.90. The number of rotatable bonds is 3. The van der Waals surface area contributed by atoms with Crippen LogP contribution >= 0.6 is 0 Å². The highest BCUT2D eigenvalue weighted by Crippen LogP contribution is 2.46. The van der Waals surface area contributed by atoms with E-state index in [1.165, 1.54) is 6.07 Å². The van der Waals surface area contributed by atoms with E-state index >= 15 is 0 Å². The number of phenolic OH excluding ortho intramolecular Hbond substituents is 1. The summed E-state index contributed by atoms with van der Waals surface area (Å²) in [6.07, 6.45) is 0. The van der Waals surface area contributed by atoms with Gasteiger partial charge >= 0.3 is 5.97 Å². The second kappa shape index (κ2) is 5.96. The van der Waals surface area contributed by atoms with Crippen molar-refractivity contribution in [2.75, 3.05) is 4.90 Å². The van der Waals surface area contributed by atoms with Crippen LogP contribution in [0.15, 0.2) is 54.6 Å². The van der Waals surface area contributed by atoms with Crippen molar-refractivity contribution in [3.05, 3.63) is 60.2 Å². The van der Waals surface area contributed by atoms with E-state index in [-0.39, 0.29) is 5.75 Å². The minimum Gasteiger partial charge on any atom is -0.508 e. The second-order valence-electron chi connectivity index (χ2n) is 6.42. The Morgan fingerprint density at radius 1 is 0.923 bits per heavy atom. The van der Waals surface area contributed by atoms with Crippen LogP contribution < -0.4 is 10.2 Å². The number of nitrogens with zero attached hydrogens (tertiary/aromatic N) is 1. The molecule has 26 heavy (non-hydrogen) atoms. The lowest BCUT2D eigenvalue weighted by Crippen LogP contribution is -2.43. The Morgan fingerprint density at radius 2 is 1.54 bits per heavy atom. The van der Waals surface area contributed by atoms with Crippen LogP contribution in [0.4, 0.5) is 5.69 Å². The smallest absolute Gasteiger partial charge is 0.321 e. The number of carbonyl (C=O) groups is 3. The SMILES string of the molecule is O=C(O)[C@@H]1N[C@H](c2ccccc2O)[C@H]2C(=O)N(c3ccccc3)C(=O)[C@H]21. The molecule has 0 aromatic heterocycles. The molecule has 3 N–H and O–H groups in total. The van der Waals surface area contributed by atoms with E-state index in [1.54, 1.807) is 48.5 Å². The molecule has 4 rings (SSSR count). The van der Waals surface area contributed by atoms with E-state index in [0.717, 1.165) is 4.90 Å². The molecule has 132 valence electrons. The Labute approximate surface area is 148 Å². The van der Waals surface area contributed by atoms with Gasteiger partial charge in [0.1, 0.15) is 11.8 Å². The third kappa shape index (κ3) is 2.28. The quantitative estimate of drug-likeness (QED) is 0.719. The van der Waals surface area contributed by atoms with Crippen molar-refractivity contribution in [3.8, 4) is 5.75 Å². The number of phenols is 1. The standard InChI is InChI=1S/C19H16N2O5/c22-12-9-5-4-8-11(12)15-13-14(16(20-15)19(25)26)18(24)21(17(13)23)10-6-2-1-3-7-10/h1-9,13-16,20,22H,(H,25,26)/t13-,14+,15+,16+/m0/s1. The van der Waals surface area contributed by atoms with E-state index < -0.39 is 41.7 Å². The van der Waals surface area contributed by atoms with Gasteiger partial charge < -0.3 is 10.2 Å². The minimum atomic E-state index is -1.20. The number of nitrogens with one attached hydrogen (secondary N) is 1. The summed E-state index contributed by atoms with van der Waals surface area (Å²) in [6, 6.07) is 12.9. The van der Waals surface area contributed by atoms with Gasteiger partial charge in [-0.3, -0.25) is 19.7 Å². The van der Waals surface area contributed by atoms with E-state index in [1.807, 2.05) is 0 Å². The molecule has 4 atom stereocenters. The molecule has 7 heteroatoms. The molecular formula is C19H16N2O5. The van der Waals surface area contributed by atoms with Crippen molar-refractivity contribution >= 4 is 23.5 Å². The number of imide groups is 1. The van der Waals surface area contributed by atoms with Crippen LogP contribution in [0.5, 0.6) is 5.75 Å². The second-order valence-corrected chi connectivity index (χ2v) is 6.42. The summed E-state index contributed by atoms with van der Waals surface area (Å²) < 4.78 is 0. The van der Waals surface area contributed by atoms with E-state index in [2.05, 4.69) is 5.32 Å². The number of hydrogen-bond acceptors (Lipinski definition) is 5. The van der Waals surface area contributed by atoms with Crippen molar-refractivity contribution in [2.24, 2.45) is 11.8 Å². The summed E-state index contributed by atoms with van der Waals surface area (Å²) >= 11 is 0. The first-order valence-electron chi connectivity index (χ1n) is 8.20. The van der Waals surface area contributed by atoms with Gasteiger partial charge in [0.2, 0.25) is 11.8 Å². The summed E-state index contributed by atoms with van der Waals surface area (Å²) in [5, 5.41) is 22.6. The Morgan fingerprint density at radius 3 is 2.19 bits per heavy atom. The van der Waals surface area contributed by atoms with Crippen LogP contribution in [0.25, 0.3) is 0 Å². The fourth-order valence-electron chi connectivity index (χ4n) is 3.90. The molecule has 2 saturated heterocycles. The van der Waals surface area contributed by atoms with Gasteiger partial charge in [-0.2, -0.15) is 0 Å². The number of benzene rings is 2. The van der Waals surface area contributed by atoms with Crippen molar-refractivity contribution in [3.63, 3.8) is 0 Å². The van der Waals surface area contributed by atoms with Crippen LogP contribution in [-0.4, -0.2) is 34.0 Å². The maximum Gasteiger partial charge on any atom is 0.321 e. The third-order valence-corrected chi connectivity index (χ3v) is 5.03. The number of aliphatic carboxylic acids is 1. The van der Waals surface area contributed by atoms with Gasteiger partial charge in [-0.25, -0.2) is 4.90 Å². The van der Waals surface area contributed by atoms with Crippen molar-refractivity contribution in [2.45, 2.75) is 12.1 Å². The molecule has 2 aliphatic heterocycles. The zero-order valence-electron chi connectivity index (χ0n) is 13.6. The molecule has 0 radical (unpaired) electrons. The van der Waals surface area contributed by atoms with E-state index in [4.69, 9.17) is 0 Å². The van der Waals surface area contributed by atoms with Gasteiger partial charge in [0, 0.05) is 11.6 Å². The molecule has 7 nitrogen and oxygen atoms in total. The number of carbonyl (C=O) groups excluding carboxylic acids is 2. The molecule has 2 amide bonds. The Bertz CT molecular complexity index is 898. The van der Waals surface area contributed by atoms with Crippen molar-refractivity contribution in [1.82, 2.24) is 5.32 Å².